The fraction of sp³-hybridized carbons (Fsp3) is 0.167. The van der Waals surface area contributed by atoms with Crippen molar-refractivity contribution >= 4 is 0 Å². The fourth-order valence-corrected chi connectivity index (χ4v) is 1.08. The first-order valence-corrected chi connectivity index (χ1v) is 4.52. The maximum Gasteiger partial charge on any atom is 4.00 e. The predicted molar refractivity (Wildman–Crippen MR) is 53.8 cm³/mol. The van der Waals surface area contributed by atoms with Crippen molar-refractivity contribution in [1.29, 1.82) is 0 Å². The van der Waals surface area contributed by atoms with Crippen molar-refractivity contribution in [2.75, 3.05) is 0 Å². The Hall–Kier alpha value is -0.0469. The summed E-state index contributed by atoms with van der Waals surface area (Å²) in [7, 11) is 0. The van der Waals surface area contributed by atoms with Crippen LogP contribution in [0.1, 0.15) is 5.56 Å². The van der Waals surface area contributed by atoms with Crippen molar-refractivity contribution in [3.63, 3.8) is 0 Å². The van der Waals surface area contributed by atoms with E-state index in [4.69, 9.17) is 0 Å². The number of alkyl halides is 3. The van der Waals surface area contributed by atoms with E-state index < -0.39 is 12.6 Å². The second-order valence-corrected chi connectivity index (χ2v) is 3.05. The van der Waals surface area contributed by atoms with E-state index in [0.29, 0.717) is 5.56 Å². The van der Waals surface area contributed by atoms with Crippen LogP contribution >= 0.6 is 0 Å². The van der Waals surface area contributed by atoms with Crippen LogP contribution in [-0.4, -0.2) is 6.18 Å². The molecular weight excluding hydrogens is 363 g/mol. The molecule has 0 heterocycles. The SMILES string of the molecule is FC(F)(F)C[c-]1cccc1.[Cl-].[Cl-].[Zr+4].c1cc[cH-]c1. The van der Waals surface area contributed by atoms with Crippen molar-refractivity contribution in [2.45, 2.75) is 12.6 Å². The van der Waals surface area contributed by atoms with Gasteiger partial charge in [-0.25, -0.2) is 24.3 Å². The molecule has 0 nitrogen and oxygen atoms in total. The first kappa shape index (κ1) is 23.1. The summed E-state index contributed by atoms with van der Waals surface area (Å²) >= 11 is 0. The van der Waals surface area contributed by atoms with E-state index in [1.807, 2.05) is 30.3 Å². The molecule has 6 heteroatoms. The molecule has 0 saturated carbocycles. The molecule has 2 aromatic rings. The molecule has 0 radical (unpaired) electrons. The molecule has 0 aliphatic carbocycles. The Kier molecular flexibility index (Phi) is 15.4. The van der Waals surface area contributed by atoms with Gasteiger partial charge in [0.05, 0.1) is 0 Å². The van der Waals surface area contributed by atoms with E-state index in [9.17, 15) is 13.2 Å². The van der Waals surface area contributed by atoms with Gasteiger partial charge in [0.1, 0.15) is 0 Å². The maximum absolute atomic E-state index is 11.6. The van der Waals surface area contributed by atoms with E-state index >= 15 is 0 Å². The number of rotatable bonds is 1. The monoisotopic (exact) mass is 372 g/mol. The first-order valence-electron chi connectivity index (χ1n) is 4.52. The molecule has 0 N–H and O–H groups in total. The molecule has 0 fully saturated rings. The molecule has 0 atom stereocenters. The van der Waals surface area contributed by atoms with Crippen LogP contribution in [0, 0.1) is 0 Å². The third-order valence-electron chi connectivity index (χ3n) is 1.69. The summed E-state index contributed by atoms with van der Waals surface area (Å²) in [6.07, 6.45) is -4.89. The van der Waals surface area contributed by atoms with Crippen LogP contribution in [0.5, 0.6) is 0 Å². The average Bonchev–Trinajstić information content (AvgIpc) is 2.71. The summed E-state index contributed by atoms with van der Waals surface area (Å²) in [5, 5.41) is 0. The Labute approximate surface area is 136 Å². The molecule has 0 aliphatic rings. The first-order chi connectivity index (χ1) is 7.08. The van der Waals surface area contributed by atoms with Gasteiger partial charge >= 0.3 is 32.4 Å². The van der Waals surface area contributed by atoms with E-state index in [2.05, 4.69) is 0 Å². The van der Waals surface area contributed by atoms with Crippen molar-refractivity contribution < 1.29 is 64.2 Å². The summed E-state index contributed by atoms with van der Waals surface area (Å²) in [4.78, 5) is 0. The number of hydrogen-bond acceptors (Lipinski definition) is 0. The molecule has 0 saturated heterocycles. The summed E-state index contributed by atoms with van der Waals surface area (Å²) in [6.45, 7) is 0. The quantitative estimate of drug-likeness (QED) is 0.503. The summed E-state index contributed by atoms with van der Waals surface area (Å²) in [6, 6.07) is 16.1. The Balaban J connectivity index is -0.000000245. The van der Waals surface area contributed by atoms with Gasteiger partial charge in [-0.2, -0.15) is 43.5 Å². The van der Waals surface area contributed by atoms with Crippen molar-refractivity contribution in [3.8, 4) is 0 Å². The smallest absolute Gasteiger partial charge is 1.00 e. The van der Waals surface area contributed by atoms with Gasteiger partial charge in [0, 0.05) is 6.42 Å². The van der Waals surface area contributed by atoms with Crippen molar-refractivity contribution in [3.05, 3.63) is 60.2 Å². The predicted octanol–water partition coefficient (Wildman–Crippen LogP) is -2.08. The van der Waals surface area contributed by atoms with Crippen molar-refractivity contribution in [2.24, 2.45) is 0 Å². The van der Waals surface area contributed by atoms with E-state index in [1.54, 1.807) is 12.1 Å². The minimum absolute atomic E-state index is 0. The largest absolute Gasteiger partial charge is 4.00 e. The Morgan fingerprint density at radius 2 is 1.33 bits per heavy atom. The zero-order valence-corrected chi connectivity index (χ0v) is 13.3. The summed E-state index contributed by atoms with van der Waals surface area (Å²) < 4.78 is 34.9. The Morgan fingerprint density at radius 1 is 0.889 bits per heavy atom. The van der Waals surface area contributed by atoms with Crippen LogP contribution in [-0.2, 0) is 32.6 Å². The number of halogens is 5. The summed E-state index contributed by atoms with van der Waals surface area (Å²) in [5.41, 5.74) is 0.326. The molecule has 0 bridgehead atoms. The molecule has 18 heavy (non-hydrogen) atoms. The molecular formula is C12H11Cl2F3Zr. The normalized spacial score (nSPS) is 8.83. The van der Waals surface area contributed by atoms with Gasteiger partial charge in [-0.1, -0.05) is 0 Å². The molecule has 2 aromatic carbocycles. The van der Waals surface area contributed by atoms with Crippen LogP contribution in [0.15, 0.2) is 54.6 Å². The van der Waals surface area contributed by atoms with Crippen LogP contribution in [0.2, 0.25) is 0 Å². The molecule has 0 amide bonds. The minimum Gasteiger partial charge on any atom is -1.00 e. The Morgan fingerprint density at radius 3 is 1.61 bits per heavy atom. The zero-order valence-electron chi connectivity index (χ0n) is 9.29. The van der Waals surface area contributed by atoms with Gasteiger partial charge < -0.3 is 24.8 Å². The van der Waals surface area contributed by atoms with E-state index in [0.717, 1.165) is 0 Å². The van der Waals surface area contributed by atoms with Gasteiger partial charge in [0.15, 0.2) is 0 Å². The van der Waals surface area contributed by atoms with Gasteiger partial charge in [-0.3, -0.25) is 0 Å². The van der Waals surface area contributed by atoms with Crippen molar-refractivity contribution in [1.82, 2.24) is 0 Å². The topological polar surface area (TPSA) is 0 Å². The molecule has 2 rings (SSSR count). The zero-order chi connectivity index (χ0) is 11.1. The van der Waals surface area contributed by atoms with Gasteiger partial charge in [-0.15, -0.1) is 5.56 Å². The molecule has 0 unspecified atom stereocenters. The van der Waals surface area contributed by atoms with Gasteiger partial charge in [-0.05, 0) is 0 Å². The third kappa shape index (κ3) is 12.4. The molecule has 0 aliphatic heterocycles. The van der Waals surface area contributed by atoms with Crippen LogP contribution in [0.4, 0.5) is 13.2 Å². The Bertz CT molecular complexity index is 325. The second-order valence-electron chi connectivity index (χ2n) is 3.05. The van der Waals surface area contributed by atoms with Gasteiger partial charge in [0.25, 0.3) is 0 Å². The van der Waals surface area contributed by atoms with Crippen LogP contribution in [0.25, 0.3) is 0 Å². The average molecular weight is 374 g/mol. The summed E-state index contributed by atoms with van der Waals surface area (Å²) in [5.74, 6) is 0. The minimum atomic E-state index is -4.08. The molecule has 0 spiro atoms. The fourth-order valence-electron chi connectivity index (χ4n) is 1.08. The van der Waals surface area contributed by atoms with Crippen LogP contribution in [0.3, 0.4) is 0 Å². The van der Waals surface area contributed by atoms with Gasteiger partial charge in [0.2, 0.25) is 0 Å². The van der Waals surface area contributed by atoms with Crippen LogP contribution < -0.4 is 24.8 Å². The second kappa shape index (κ2) is 12.0. The third-order valence-corrected chi connectivity index (χ3v) is 1.69. The standard InChI is InChI=1S/C7H6F3.C5H5.2ClH.Zr/c8-7(9,10)5-6-3-1-2-4-6;1-2-4-5-3-1;;;/h1-4H,5H2;1-5H;2*1H;/q2*-1;;;+4/p-2. The maximum atomic E-state index is 11.6. The molecule has 98 valence electrons. The number of hydrogen-bond donors (Lipinski definition) is 0. The molecule has 0 aromatic heterocycles. The van der Waals surface area contributed by atoms with E-state index in [1.165, 1.54) is 12.1 Å². The van der Waals surface area contributed by atoms with E-state index in [-0.39, 0.29) is 51.0 Å².